The number of aromatic amines is 1. The first-order valence-electron chi connectivity index (χ1n) is 10.1. The number of aromatic nitrogens is 1. The second kappa shape index (κ2) is 9.32. The number of carbonyl (C=O) groups excluding carboxylic acids is 1. The van der Waals surface area contributed by atoms with E-state index in [9.17, 15) is 10.1 Å². The number of ether oxygens (including phenoxy) is 1. The molecule has 3 aromatic rings. The van der Waals surface area contributed by atoms with Crippen molar-refractivity contribution >= 4 is 22.9 Å². The van der Waals surface area contributed by atoms with Gasteiger partial charge in [0.1, 0.15) is 17.4 Å². The van der Waals surface area contributed by atoms with E-state index in [0.29, 0.717) is 13.0 Å². The number of nitrogens with one attached hydrogen (secondary N) is 2. The minimum Gasteiger partial charge on any atom is -0.496 e. The molecule has 0 unspecified atom stereocenters. The number of benzene rings is 2. The summed E-state index contributed by atoms with van der Waals surface area (Å²) in [7, 11) is 1.65. The highest BCUT2D eigenvalue weighted by Gasteiger charge is 2.14. The van der Waals surface area contributed by atoms with Crippen molar-refractivity contribution in [2.75, 3.05) is 13.7 Å². The van der Waals surface area contributed by atoms with E-state index in [1.54, 1.807) is 13.2 Å². The molecule has 0 saturated heterocycles. The average molecular weight is 402 g/mol. The topological polar surface area (TPSA) is 77.9 Å². The van der Waals surface area contributed by atoms with Crippen molar-refractivity contribution in [3.63, 3.8) is 0 Å². The zero-order valence-corrected chi connectivity index (χ0v) is 17.9. The molecule has 0 atom stereocenters. The Bertz CT molecular complexity index is 1130. The van der Waals surface area contributed by atoms with Gasteiger partial charge < -0.3 is 15.0 Å². The zero-order valence-electron chi connectivity index (χ0n) is 17.9. The molecule has 0 aliphatic carbocycles. The van der Waals surface area contributed by atoms with Crippen LogP contribution in [0.2, 0.25) is 0 Å². The van der Waals surface area contributed by atoms with Crippen LogP contribution in [-0.4, -0.2) is 24.5 Å². The number of rotatable bonds is 7. The highest BCUT2D eigenvalue weighted by atomic mass is 16.5. The Morgan fingerprint density at radius 3 is 2.77 bits per heavy atom. The lowest BCUT2D eigenvalue weighted by molar-refractivity contribution is -0.117. The lowest BCUT2D eigenvalue weighted by Gasteiger charge is -2.15. The number of aryl methyl sites for hydroxylation is 1. The molecule has 0 aliphatic heterocycles. The molecular formula is C25H27N3O2. The number of nitrogens with zero attached hydrogens (tertiary/aromatic N) is 1. The van der Waals surface area contributed by atoms with Gasteiger partial charge in [0.2, 0.25) is 0 Å². The minimum absolute atomic E-state index is 0.0944. The lowest BCUT2D eigenvalue weighted by atomic mass is 9.95. The summed E-state index contributed by atoms with van der Waals surface area (Å²) in [4.78, 5) is 15.8. The molecule has 5 nitrogen and oxygen atoms in total. The summed E-state index contributed by atoms with van der Waals surface area (Å²) in [6.07, 6.45) is 4.31. The number of methoxy groups -OCH3 is 1. The van der Waals surface area contributed by atoms with E-state index in [0.717, 1.165) is 38.9 Å². The Morgan fingerprint density at radius 2 is 2.07 bits per heavy atom. The molecule has 1 amide bonds. The second-order valence-corrected chi connectivity index (χ2v) is 7.64. The van der Waals surface area contributed by atoms with Gasteiger partial charge in [-0.25, -0.2) is 0 Å². The average Bonchev–Trinajstić information content (AvgIpc) is 3.15. The number of hydrogen-bond acceptors (Lipinski definition) is 3. The normalized spacial score (nSPS) is 11.5. The fraction of sp³-hybridized carbons (Fsp3) is 0.280. The Balaban J connectivity index is 1.74. The van der Waals surface area contributed by atoms with Crippen molar-refractivity contribution in [2.45, 2.75) is 33.1 Å². The van der Waals surface area contributed by atoms with Crippen LogP contribution < -0.4 is 10.1 Å². The monoisotopic (exact) mass is 401 g/mol. The van der Waals surface area contributed by atoms with Crippen LogP contribution in [0.3, 0.4) is 0 Å². The Labute approximate surface area is 177 Å². The summed E-state index contributed by atoms with van der Waals surface area (Å²) in [5.74, 6) is 0.725. The molecule has 30 heavy (non-hydrogen) atoms. The largest absolute Gasteiger partial charge is 0.496 e. The molecule has 0 spiro atoms. The van der Waals surface area contributed by atoms with Gasteiger partial charge in [-0.05, 0) is 65.8 Å². The fourth-order valence-electron chi connectivity index (χ4n) is 3.55. The van der Waals surface area contributed by atoms with Crippen LogP contribution in [0.4, 0.5) is 0 Å². The van der Waals surface area contributed by atoms with Crippen LogP contribution in [0.25, 0.3) is 17.0 Å². The van der Waals surface area contributed by atoms with Gasteiger partial charge in [0, 0.05) is 23.6 Å². The van der Waals surface area contributed by atoms with E-state index in [1.807, 2.05) is 49.5 Å². The molecule has 3 rings (SSSR count). The first kappa shape index (κ1) is 21.2. The van der Waals surface area contributed by atoms with Crippen LogP contribution in [0.15, 0.2) is 48.2 Å². The van der Waals surface area contributed by atoms with Gasteiger partial charge in [-0.1, -0.05) is 32.0 Å². The molecule has 2 aromatic carbocycles. The van der Waals surface area contributed by atoms with Crippen molar-refractivity contribution < 1.29 is 9.53 Å². The quantitative estimate of drug-likeness (QED) is 0.438. The maximum atomic E-state index is 12.6. The molecule has 0 bridgehead atoms. The molecule has 154 valence electrons. The zero-order chi connectivity index (χ0) is 21.7. The number of fused-ring (bicyclic) bond motifs is 1. The van der Waals surface area contributed by atoms with E-state index in [1.165, 1.54) is 0 Å². The lowest BCUT2D eigenvalue weighted by Crippen LogP contribution is -2.26. The smallest absolute Gasteiger partial charge is 0.261 e. The Hall–Kier alpha value is -3.52. The fourth-order valence-corrected chi connectivity index (χ4v) is 3.55. The molecular weight excluding hydrogens is 374 g/mol. The summed E-state index contributed by atoms with van der Waals surface area (Å²) in [5.41, 5.74) is 5.16. The van der Waals surface area contributed by atoms with Crippen LogP contribution >= 0.6 is 0 Å². The predicted molar refractivity (Wildman–Crippen MR) is 120 cm³/mol. The molecule has 5 heteroatoms. The van der Waals surface area contributed by atoms with Crippen molar-refractivity contribution in [3.8, 4) is 11.8 Å². The predicted octanol–water partition coefficient (Wildman–Crippen LogP) is 4.87. The van der Waals surface area contributed by atoms with Gasteiger partial charge in [0.05, 0.1) is 7.11 Å². The van der Waals surface area contributed by atoms with E-state index >= 15 is 0 Å². The van der Waals surface area contributed by atoms with E-state index in [4.69, 9.17) is 4.74 Å². The third-order valence-corrected chi connectivity index (χ3v) is 5.26. The minimum atomic E-state index is -0.362. The van der Waals surface area contributed by atoms with Crippen LogP contribution in [-0.2, 0) is 11.2 Å². The van der Waals surface area contributed by atoms with Crippen LogP contribution in [0.1, 0.15) is 42.0 Å². The molecule has 1 aromatic heterocycles. The summed E-state index contributed by atoms with van der Waals surface area (Å²) in [6.45, 7) is 6.58. The van der Waals surface area contributed by atoms with Crippen molar-refractivity contribution in [1.29, 1.82) is 5.26 Å². The van der Waals surface area contributed by atoms with Crippen LogP contribution in [0, 0.1) is 18.3 Å². The Kier molecular flexibility index (Phi) is 6.58. The van der Waals surface area contributed by atoms with E-state index in [2.05, 4.69) is 30.2 Å². The number of H-pyrrole nitrogens is 1. The first-order chi connectivity index (χ1) is 14.4. The molecule has 0 fully saturated rings. The van der Waals surface area contributed by atoms with Gasteiger partial charge in [-0.15, -0.1) is 0 Å². The number of para-hydroxylation sites is 1. The maximum Gasteiger partial charge on any atom is 0.261 e. The summed E-state index contributed by atoms with van der Waals surface area (Å²) < 4.78 is 5.47. The van der Waals surface area contributed by atoms with Crippen molar-refractivity contribution in [1.82, 2.24) is 10.3 Å². The van der Waals surface area contributed by atoms with E-state index < -0.39 is 0 Å². The summed E-state index contributed by atoms with van der Waals surface area (Å²) in [6, 6.07) is 14.1. The van der Waals surface area contributed by atoms with Crippen molar-refractivity contribution in [3.05, 3.63) is 70.4 Å². The van der Waals surface area contributed by atoms with E-state index in [-0.39, 0.29) is 17.4 Å². The van der Waals surface area contributed by atoms with Crippen LogP contribution in [0.5, 0.6) is 5.75 Å². The summed E-state index contributed by atoms with van der Waals surface area (Å²) >= 11 is 0. The second-order valence-electron chi connectivity index (χ2n) is 7.64. The van der Waals surface area contributed by atoms with Gasteiger partial charge >= 0.3 is 0 Å². The first-order valence-corrected chi connectivity index (χ1v) is 10.1. The molecule has 1 heterocycles. The highest BCUT2D eigenvalue weighted by molar-refractivity contribution is 6.01. The number of nitriles is 1. The number of carbonyl (C=O) groups is 1. The molecule has 0 aliphatic rings. The molecule has 0 radical (unpaired) electrons. The highest BCUT2D eigenvalue weighted by Crippen LogP contribution is 2.30. The van der Waals surface area contributed by atoms with Gasteiger partial charge in [0.25, 0.3) is 5.91 Å². The standard InChI is InChI=1S/C25H27N3O2/c1-16(2)22-13-19(17(3)11-24(22)30-4)12-20(14-26)25(29)27-10-9-18-15-28-23-8-6-5-7-21(18)23/h5-8,11-13,15-16,28H,9-10H2,1-4H3,(H,27,29)/b20-12-. The van der Waals surface area contributed by atoms with Gasteiger partial charge in [0.15, 0.2) is 0 Å². The summed E-state index contributed by atoms with van der Waals surface area (Å²) in [5, 5.41) is 13.6. The van der Waals surface area contributed by atoms with Gasteiger partial charge in [-0.2, -0.15) is 5.26 Å². The SMILES string of the molecule is COc1cc(C)c(/C=C(/C#N)C(=O)NCCc2c[nH]c3ccccc23)cc1C(C)C. The third-order valence-electron chi connectivity index (χ3n) is 5.26. The number of amides is 1. The maximum absolute atomic E-state index is 12.6. The van der Waals surface area contributed by atoms with Crippen molar-refractivity contribution in [2.24, 2.45) is 0 Å². The molecule has 0 saturated carbocycles. The Morgan fingerprint density at radius 1 is 1.30 bits per heavy atom. The number of hydrogen-bond donors (Lipinski definition) is 2. The third kappa shape index (κ3) is 4.55. The van der Waals surface area contributed by atoms with Gasteiger partial charge in [-0.3, -0.25) is 4.79 Å². The molecule has 2 N–H and O–H groups in total.